The Kier molecular flexibility index (Phi) is 3.92. The Labute approximate surface area is 143 Å². The molecular formula is C18H14ClN5. The van der Waals surface area contributed by atoms with Crippen molar-refractivity contribution in [1.82, 2.24) is 25.2 Å². The van der Waals surface area contributed by atoms with E-state index in [0.717, 1.165) is 27.9 Å². The Bertz CT molecular complexity index is 981. The molecule has 0 amide bonds. The highest BCUT2D eigenvalue weighted by Crippen LogP contribution is 2.21. The van der Waals surface area contributed by atoms with Gasteiger partial charge in [-0.3, -0.25) is 0 Å². The standard InChI is InChI=1S/C18H14ClN5/c19-18-15(11-14-8-4-5-9-16(14)20-18)12-24-17(21-22-23-24)10-13-6-2-1-3-7-13/h1-9,11H,10,12H2. The first kappa shape index (κ1) is 14.8. The van der Waals surface area contributed by atoms with E-state index in [-0.39, 0.29) is 0 Å². The lowest BCUT2D eigenvalue weighted by atomic mass is 10.1. The van der Waals surface area contributed by atoms with Gasteiger partial charge in [-0.25, -0.2) is 9.67 Å². The van der Waals surface area contributed by atoms with Crippen LogP contribution in [0.2, 0.25) is 5.15 Å². The predicted octanol–water partition coefficient (Wildman–Crippen LogP) is 3.51. The summed E-state index contributed by atoms with van der Waals surface area (Å²) in [6.07, 6.45) is 0.673. The summed E-state index contributed by atoms with van der Waals surface area (Å²) in [7, 11) is 0. The molecule has 0 aliphatic heterocycles. The number of rotatable bonds is 4. The van der Waals surface area contributed by atoms with E-state index in [9.17, 15) is 0 Å². The van der Waals surface area contributed by atoms with Gasteiger partial charge >= 0.3 is 0 Å². The molecule has 0 fully saturated rings. The largest absolute Gasteiger partial charge is 0.236 e. The van der Waals surface area contributed by atoms with E-state index in [0.29, 0.717) is 18.1 Å². The van der Waals surface area contributed by atoms with E-state index in [1.165, 1.54) is 0 Å². The zero-order valence-electron chi connectivity index (χ0n) is 12.8. The molecular weight excluding hydrogens is 322 g/mol. The van der Waals surface area contributed by atoms with Crippen LogP contribution in [0.1, 0.15) is 17.0 Å². The number of aromatic nitrogens is 5. The van der Waals surface area contributed by atoms with Crippen LogP contribution in [0, 0.1) is 0 Å². The van der Waals surface area contributed by atoms with Crippen molar-refractivity contribution < 1.29 is 0 Å². The maximum Gasteiger partial charge on any atom is 0.156 e. The van der Waals surface area contributed by atoms with Crippen molar-refractivity contribution in [3.8, 4) is 0 Å². The summed E-state index contributed by atoms with van der Waals surface area (Å²) in [5.74, 6) is 0.797. The number of hydrogen-bond donors (Lipinski definition) is 0. The van der Waals surface area contributed by atoms with Crippen LogP contribution in [-0.2, 0) is 13.0 Å². The van der Waals surface area contributed by atoms with Gasteiger partial charge in [0.2, 0.25) is 0 Å². The lowest BCUT2D eigenvalue weighted by Crippen LogP contribution is -2.08. The molecule has 2 aromatic heterocycles. The van der Waals surface area contributed by atoms with Gasteiger partial charge in [0.1, 0.15) is 5.15 Å². The maximum atomic E-state index is 6.34. The molecule has 0 saturated carbocycles. The third kappa shape index (κ3) is 2.98. The lowest BCUT2D eigenvalue weighted by molar-refractivity contribution is 0.624. The molecule has 0 N–H and O–H groups in total. The fraction of sp³-hybridized carbons (Fsp3) is 0.111. The van der Waals surface area contributed by atoms with Crippen molar-refractivity contribution in [3.05, 3.63) is 82.8 Å². The molecule has 0 aliphatic carbocycles. The van der Waals surface area contributed by atoms with Crippen LogP contribution in [0.5, 0.6) is 0 Å². The molecule has 0 atom stereocenters. The highest BCUT2D eigenvalue weighted by Gasteiger charge is 2.11. The topological polar surface area (TPSA) is 56.5 Å². The Balaban J connectivity index is 1.64. The van der Waals surface area contributed by atoms with Crippen LogP contribution in [0.25, 0.3) is 10.9 Å². The summed E-state index contributed by atoms with van der Waals surface area (Å²) in [5, 5.41) is 13.6. The summed E-state index contributed by atoms with van der Waals surface area (Å²) in [6, 6.07) is 20.1. The molecule has 0 saturated heterocycles. The van der Waals surface area contributed by atoms with Gasteiger partial charge in [0.15, 0.2) is 5.82 Å². The molecule has 0 bridgehead atoms. The molecule has 0 radical (unpaired) electrons. The number of fused-ring (bicyclic) bond motifs is 1. The predicted molar refractivity (Wildman–Crippen MR) is 92.9 cm³/mol. The van der Waals surface area contributed by atoms with E-state index in [1.54, 1.807) is 4.68 Å². The van der Waals surface area contributed by atoms with Crippen LogP contribution in [0.4, 0.5) is 0 Å². The van der Waals surface area contributed by atoms with Crippen molar-refractivity contribution in [1.29, 1.82) is 0 Å². The molecule has 5 nitrogen and oxygen atoms in total. The minimum Gasteiger partial charge on any atom is -0.236 e. The molecule has 0 aliphatic rings. The zero-order valence-corrected chi connectivity index (χ0v) is 13.6. The Morgan fingerprint density at radius 1 is 0.958 bits per heavy atom. The van der Waals surface area contributed by atoms with Crippen molar-refractivity contribution >= 4 is 22.5 Å². The highest BCUT2D eigenvalue weighted by atomic mass is 35.5. The van der Waals surface area contributed by atoms with E-state index in [4.69, 9.17) is 11.6 Å². The van der Waals surface area contributed by atoms with Crippen LogP contribution in [0.3, 0.4) is 0 Å². The van der Waals surface area contributed by atoms with Crippen molar-refractivity contribution in [2.24, 2.45) is 0 Å². The third-order valence-corrected chi connectivity index (χ3v) is 4.21. The van der Waals surface area contributed by atoms with Gasteiger partial charge in [-0.15, -0.1) is 5.10 Å². The van der Waals surface area contributed by atoms with Gasteiger partial charge in [0, 0.05) is 17.4 Å². The average Bonchev–Trinajstić information content (AvgIpc) is 3.03. The fourth-order valence-corrected chi connectivity index (χ4v) is 2.86. The van der Waals surface area contributed by atoms with Crippen LogP contribution < -0.4 is 0 Å². The van der Waals surface area contributed by atoms with Gasteiger partial charge in [0.25, 0.3) is 0 Å². The van der Waals surface area contributed by atoms with Crippen molar-refractivity contribution in [2.45, 2.75) is 13.0 Å². The van der Waals surface area contributed by atoms with E-state index >= 15 is 0 Å². The minimum absolute atomic E-state index is 0.481. The first-order chi connectivity index (χ1) is 11.8. The molecule has 0 unspecified atom stereocenters. The second-order valence-corrected chi connectivity index (χ2v) is 5.90. The number of benzene rings is 2. The first-order valence-corrected chi connectivity index (χ1v) is 8.00. The molecule has 6 heteroatoms. The monoisotopic (exact) mass is 335 g/mol. The number of hydrogen-bond acceptors (Lipinski definition) is 4. The van der Waals surface area contributed by atoms with E-state index < -0.39 is 0 Å². The number of tetrazole rings is 1. The van der Waals surface area contributed by atoms with Gasteiger partial charge in [-0.1, -0.05) is 60.1 Å². The van der Waals surface area contributed by atoms with Crippen molar-refractivity contribution in [3.63, 3.8) is 0 Å². The van der Waals surface area contributed by atoms with Crippen LogP contribution in [0.15, 0.2) is 60.7 Å². The molecule has 2 heterocycles. The Hall–Kier alpha value is -2.79. The van der Waals surface area contributed by atoms with Crippen LogP contribution in [-0.4, -0.2) is 25.2 Å². The second-order valence-electron chi connectivity index (χ2n) is 5.55. The van der Waals surface area contributed by atoms with Gasteiger partial charge in [0.05, 0.1) is 12.1 Å². The molecule has 24 heavy (non-hydrogen) atoms. The second kappa shape index (κ2) is 6.37. The SMILES string of the molecule is Clc1nc2ccccc2cc1Cn1nnnc1Cc1ccccc1. The summed E-state index contributed by atoms with van der Waals surface area (Å²) >= 11 is 6.34. The Morgan fingerprint density at radius 3 is 2.62 bits per heavy atom. The molecule has 2 aromatic carbocycles. The molecule has 0 spiro atoms. The average molecular weight is 336 g/mol. The zero-order chi connectivity index (χ0) is 16.4. The minimum atomic E-state index is 0.481. The number of halogens is 1. The van der Waals surface area contributed by atoms with Crippen molar-refractivity contribution in [2.75, 3.05) is 0 Å². The summed E-state index contributed by atoms with van der Waals surface area (Å²) in [4.78, 5) is 4.45. The summed E-state index contributed by atoms with van der Waals surface area (Å²) in [6.45, 7) is 0.492. The lowest BCUT2D eigenvalue weighted by Gasteiger charge is -2.08. The van der Waals surface area contributed by atoms with E-state index in [1.807, 2.05) is 48.5 Å². The molecule has 4 rings (SSSR count). The summed E-state index contributed by atoms with van der Waals surface area (Å²) < 4.78 is 1.77. The number of pyridine rings is 1. The number of para-hydroxylation sites is 1. The van der Waals surface area contributed by atoms with E-state index in [2.05, 4.69) is 32.6 Å². The normalized spacial score (nSPS) is 11.0. The highest BCUT2D eigenvalue weighted by molar-refractivity contribution is 6.30. The quantitative estimate of drug-likeness (QED) is 0.535. The first-order valence-electron chi connectivity index (χ1n) is 7.63. The van der Waals surface area contributed by atoms with Gasteiger partial charge in [-0.05, 0) is 28.1 Å². The number of nitrogens with zero attached hydrogens (tertiary/aromatic N) is 5. The van der Waals surface area contributed by atoms with Gasteiger partial charge in [-0.2, -0.15) is 0 Å². The maximum absolute atomic E-state index is 6.34. The smallest absolute Gasteiger partial charge is 0.156 e. The summed E-state index contributed by atoms with van der Waals surface area (Å²) in [5.41, 5.74) is 2.95. The fourth-order valence-electron chi connectivity index (χ4n) is 2.66. The third-order valence-electron chi connectivity index (χ3n) is 3.88. The van der Waals surface area contributed by atoms with Crippen LogP contribution >= 0.6 is 11.6 Å². The van der Waals surface area contributed by atoms with Gasteiger partial charge < -0.3 is 0 Å². The molecule has 4 aromatic rings. The Morgan fingerprint density at radius 2 is 1.75 bits per heavy atom. The molecule has 118 valence electrons.